The standard InChI is InChI=1S/C14H17NO2/c15-14(7-13(8-14)4-1-5-13)10-2-3-11-12(6-10)17-9-16-11/h2-3,6H,1,4-5,7-9,15H2. The number of fused-ring (bicyclic) bond motifs is 1. The third-order valence-electron chi connectivity index (χ3n) is 4.74. The molecule has 90 valence electrons. The van der Waals surface area contributed by atoms with Crippen molar-refractivity contribution < 1.29 is 9.47 Å². The van der Waals surface area contributed by atoms with Crippen LogP contribution in [0, 0.1) is 5.41 Å². The molecule has 2 fully saturated rings. The first-order chi connectivity index (χ1) is 8.19. The monoisotopic (exact) mass is 231 g/mol. The van der Waals surface area contributed by atoms with Crippen LogP contribution in [0.3, 0.4) is 0 Å². The molecule has 3 aliphatic rings. The number of hydrogen-bond acceptors (Lipinski definition) is 3. The van der Waals surface area contributed by atoms with Gasteiger partial charge in [-0.15, -0.1) is 0 Å². The van der Waals surface area contributed by atoms with Gasteiger partial charge in [0, 0.05) is 5.54 Å². The molecule has 4 rings (SSSR count). The zero-order valence-corrected chi connectivity index (χ0v) is 9.87. The SMILES string of the molecule is NC1(c2ccc3c(c2)OCO3)CC2(CCC2)C1. The van der Waals surface area contributed by atoms with E-state index in [0.717, 1.165) is 24.3 Å². The zero-order valence-electron chi connectivity index (χ0n) is 9.87. The molecule has 2 aliphatic carbocycles. The summed E-state index contributed by atoms with van der Waals surface area (Å²) < 4.78 is 10.7. The second kappa shape index (κ2) is 2.96. The van der Waals surface area contributed by atoms with E-state index in [2.05, 4.69) is 12.1 Å². The van der Waals surface area contributed by atoms with Crippen molar-refractivity contribution in [2.24, 2.45) is 11.1 Å². The Labute approximate surface area is 101 Å². The maximum Gasteiger partial charge on any atom is 0.231 e. The Kier molecular flexibility index (Phi) is 1.70. The Balaban J connectivity index is 1.62. The van der Waals surface area contributed by atoms with E-state index in [1.165, 1.54) is 24.8 Å². The van der Waals surface area contributed by atoms with Gasteiger partial charge in [-0.25, -0.2) is 0 Å². The topological polar surface area (TPSA) is 44.5 Å². The lowest BCUT2D eigenvalue weighted by atomic mass is 9.47. The van der Waals surface area contributed by atoms with Gasteiger partial charge in [0.1, 0.15) is 0 Å². The number of hydrogen-bond donors (Lipinski definition) is 1. The van der Waals surface area contributed by atoms with Crippen LogP contribution in [0.15, 0.2) is 18.2 Å². The second-order valence-corrected chi connectivity index (χ2v) is 5.93. The van der Waals surface area contributed by atoms with Gasteiger partial charge in [0.25, 0.3) is 0 Å². The van der Waals surface area contributed by atoms with Crippen molar-refractivity contribution in [1.29, 1.82) is 0 Å². The van der Waals surface area contributed by atoms with Gasteiger partial charge in [0.05, 0.1) is 0 Å². The molecule has 0 unspecified atom stereocenters. The van der Waals surface area contributed by atoms with Crippen molar-refractivity contribution >= 4 is 0 Å². The molecule has 3 nitrogen and oxygen atoms in total. The molecule has 1 aliphatic heterocycles. The molecule has 0 atom stereocenters. The summed E-state index contributed by atoms with van der Waals surface area (Å²) in [5.74, 6) is 1.69. The highest BCUT2D eigenvalue weighted by atomic mass is 16.7. The van der Waals surface area contributed by atoms with E-state index in [9.17, 15) is 0 Å². The summed E-state index contributed by atoms with van der Waals surface area (Å²) in [6.45, 7) is 0.334. The quantitative estimate of drug-likeness (QED) is 0.807. The average molecular weight is 231 g/mol. The summed E-state index contributed by atoms with van der Waals surface area (Å²) in [7, 11) is 0. The Morgan fingerprint density at radius 3 is 2.53 bits per heavy atom. The molecule has 0 radical (unpaired) electrons. The highest BCUT2D eigenvalue weighted by Crippen LogP contribution is 2.63. The molecule has 17 heavy (non-hydrogen) atoms. The van der Waals surface area contributed by atoms with Crippen LogP contribution in [0.2, 0.25) is 0 Å². The molecule has 1 heterocycles. The van der Waals surface area contributed by atoms with Gasteiger partial charge < -0.3 is 15.2 Å². The first kappa shape index (κ1) is 9.77. The van der Waals surface area contributed by atoms with Gasteiger partial charge in [-0.1, -0.05) is 12.5 Å². The number of rotatable bonds is 1. The Bertz CT molecular complexity index is 471. The molecule has 0 amide bonds. The molecular formula is C14H17NO2. The van der Waals surface area contributed by atoms with Gasteiger partial charge in [-0.05, 0) is 48.8 Å². The fraction of sp³-hybridized carbons (Fsp3) is 0.571. The van der Waals surface area contributed by atoms with E-state index in [-0.39, 0.29) is 5.54 Å². The van der Waals surface area contributed by atoms with Crippen LogP contribution >= 0.6 is 0 Å². The minimum Gasteiger partial charge on any atom is -0.454 e. The van der Waals surface area contributed by atoms with Crippen LogP contribution in [-0.4, -0.2) is 6.79 Å². The van der Waals surface area contributed by atoms with E-state index in [4.69, 9.17) is 15.2 Å². The fourth-order valence-corrected chi connectivity index (χ4v) is 3.73. The van der Waals surface area contributed by atoms with E-state index < -0.39 is 0 Å². The highest BCUT2D eigenvalue weighted by molar-refractivity contribution is 5.47. The van der Waals surface area contributed by atoms with Crippen molar-refractivity contribution in [1.82, 2.24) is 0 Å². The Morgan fingerprint density at radius 1 is 1.06 bits per heavy atom. The van der Waals surface area contributed by atoms with E-state index in [1.54, 1.807) is 0 Å². The van der Waals surface area contributed by atoms with Crippen LogP contribution in [0.1, 0.15) is 37.7 Å². The molecule has 2 saturated carbocycles. The third-order valence-corrected chi connectivity index (χ3v) is 4.74. The maximum atomic E-state index is 6.51. The van der Waals surface area contributed by atoms with E-state index >= 15 is 0 Å². The Morgan fingerprint density at radius 2 is 1.82 bits per heavy atom. The summed E-state index contributed by atoms with van der Waals surface area (Å²) >= 11 is 0. The average Bonchev–Trinajstić information content (AvgIpc) is 2.68. The lowest BCUT2D eigenvalue weighted by Gasteiger charge is -2.60. The molecular weight excluding hydrogens is 214 g/mol. The number of ether oxygens (including phenoxy) is 2. The van der Waals surface area contributed by atoms with Gasteiger partial charge in [0.2, 0.25) is 6.79 Å². The fourth-order valence-electron chi connectivity index (χ4n) is 3.73. The lowest BCUT2D eigenvalue weighted by molar-refractivity contribution is -0.0462. The molecule has 2 N–H and O–H groups in total. The molecule has 3 heteroatoms. The van der Waals surface area contributed by atoms with Gasteiger partial charge in [0.15, 0.2) is 11.5 Å². The predicted octanol–water partition coefficient (Wildman–Crippen LogP) is 2.53. The summed E-state index contributed by atoms with van der Waals surface area (Å²) in [6.07, 6.45) is 6.41. The van der Waals surface area contributed by atoms with Crippen molar-refractivity contribution in [2.75, 3.05) is 6.79 Å². The molecule has 0 bridgehead atoms. The van der Waals surface area contributed by atoms with Gasteiger partial charge in [-0.3, -0.25) is 0 Å². The van der Waals surface area contributed by atoms with Crippen LogP contribution < -0.4 is 15.2 Å². The molecule has 0 aromatic heterocycles. The zero-order chi connectivity index (χ0) is 11.5. The minimum absolute atomic E-state index is 0.124. The van der Waals surface area contributed by atoms with Gasteiger partial charge >= 0.3 is 0 Å². The lowest BCUT2D eigenvalue weighted by Crippen LogP contribution is -2.58. The van der Waals surface area contributed by atoms with Crippen molar-refractivity contribution in [2.45, 2.75) is 37.6 Å². The van der Waals surface area contributed by atoms with E-state index in [0.29, 0.717) is 12.2 Å². The van der Waals surface area contributed by atoms with Crippen LogP contribution in [-0.2, 0) is 5.54 Å². The summed E-state index contributed by atoms with van der Waals surface area (Å²) in [5, 5.41) is 0. The predicted molar refractivity (Wildman–Crippen MR) is 63.9 cm³/mol. The Hall–Kier alpha value is -1.22. The molecule has 1 aromatic carbocycles. The molecule has 1 aromatic rings. The summed E-state index contributed by atoms with van der Waals surface area (Å²) in [4.78, 5) is 0. The number of nitrogens with two attached hydrogens (primary N) is 1. The maximum absolute atomic E-state index is 6.51. The van der Waals surface area contributed by atoms with Crippen molar-refractivity contribution in [3.8, 4) is 11.5 Å². The second-order valence-electron chi connectivity index (χ2n) is 5.93. The molecule has 0 saturated heterocycles. The van der Waals surface area contributed by atoms with Gasteiger partial charge in [-0.2, -0.15) is 0 Å². The van der Waals surface area contributed by atoms with E-state index in [1.807, 2.05) is 6.07 Å². The first-order valence-corrected chi connectivity index (χ1v) is 6.38. The van der Waals surface area contributed by atoms with Crippen LogP contribution in [0.5, 0.6) is 11.5 Å². The summed E-state index contributed by atoms with van der Waals surface area (Å²) in [5.41, 5.74) is 8.18. The normalized spacial score (nSPS) is 26.4. The van der Waals surface area contributed by atoms with Crippen molar-refractivity contribution in [3.63, 3.8) is 0 Å². The largest absolute Gasteiger partial charge is 0.454 e. The smallest absolute Gasteiger partial charge is 0.231 e. The van der Waals surface area contributed by atoms with Crippen molar-refractivity contribution in [3.05, 3.63) is 23.8 Å². The molecule has 1 spiro atoms. The highest BCUT2D eigenvalue weighted by Gasteiger charge is 2.55. The van der Waals surface area contributed by atoms with Crippen LogP contribution in [0.25, 0.3) is 0 Å². The first-order valence-electron chi connectivity index (χ1n) is 6.38. The minimum atomic E-state index is -0.124. The number of benzene rings is 1. The summed E-state index contributed by atoms with van der Waals surface area (Å²) in [6, 6.07) is 6.14. The van der Waals surface area contributed by atoms with Crippen LogP contribution in [0.4, 0.5) is 0 Å². The third kappa shape index (κ3) is 1.26.